The van der Waals surface area contributed by atoms with Crippen molar-refractivity contribution in [1.29, 1.82) is 0 Å². The fourth-order valence-corrected chi connectivity index (χ4v) is 2.25. The van der Waals surface area contributed by atoms with Gasteiger partial charge in [0.2, 0.25) is 0 Å². The predicted octanol–water partition coefficient (Wildman–Crippen LogP) is 3.55. The van der Waals surface area contributed by atoms with Crippen LogP contribution < -0.4 is 11.1 Å². The molecule has 2 aromatic rings. The molecule has 0 fully saturated rings. The second-order valence-corrected chi connectivity index (χ2v) is 5.01. The highest BCUT2D eigenvalue weighted by atomic mass is 35.5. The van der Waals surface area contributed by atoms with Crippen molar-refractivity contribution < 1.29 is 4.39 Å². The fourth-order valence-electron chi connectivity index (χ4n) is 2.08. The molecular weight excluding hydrogens is 277 g/mol. The Morgan fingerprint density at radius 3 is 2.90 bits per heavy atom. The van der Waals surface area contributed by atoms with Crippen LogP contribution in [0.5, 0.6) is 0 Å². The maximum absolute atomic E-state index is 13.4. The number of nitrogens with zero attached hydrogens (tertiary/aromatic N) is 1. The molecule has 3 nitrogen and oxygen atoms in total. The SMILES string of the molecule is CCCNC(c1cccc(F)c1)c1cc(Cl)cnc1N. The van der Waals surface area contributed by atoms with Crippen molar-refractivity contribution in [1.82, 2.24) is 10.3 Å². The molecule has 0 amide bonds. The molecule has 1 atom stereocenters. The van der Waals surface area contributed by atoms with Crippen molar-refractivity contribution in [2.75, 3.05) is 12.3 Å². The number of nitrogens with two attached hydrogens (primary N) is 1. The van der Waals surface area contributed by atoms with Crippen LogP contribution in [0, 0.1) is 5.82 Å². The molecule has 0 bridgehead atoms. The van der Waals surface area contributed by atoms with Gasteiger partial charge in [-0.3, -0.25) is 0 Å². The van der Waals surface area contributed by atoms with Crippen LogP contribution in [0.1, 0.15) is 30.5 Å². The average molecular weight is 294 g/mol. The molecule has 1 unspecified atom stereocenters. The van der Waals surface area contributed by atoms with E-state index < -0.39 is 0 Å². The first-order valence-corrected chi connectivity index (χ1v) is 6.89. The zero-order valence-corrected chi connectivity index (χ0v) is 12.0. The molecule has 0 spiro atoms. The van der Waals surface area contributed by atoms with E-state index in [4.69, 9.17) is 17.3 Å². The summed E-state index contributed by atoms with van der Waals surface area (Å²) < 4.78 is 13.4. The van der Waals surface area contributed by atoms with E-state index in [0.717, 1.165) is 24.1 Å². The van der Waals surface area contributed by atoms with Gasteiger partial charge in [0.15, 0.2) is 0 Å². The van der Waals surface area contributed by atoms with Gasteiger partial charge in [-0.1, -0.05) is 30.7 Å². The number of nitrogen functional groups attached to an aromatic ring is 1. The highest BCUT2D eigenvalue weighted by Crippen LogP contribution is 2.28. The van der Waals surface area contributed by atoms with E-state index in [1.165, 1.54) is 18.3 Å². The molecule has 0 aliphatic carbocycles. The summed E-state index contributed by atoms with van der Waals surface area (Å²) in [5.41, 5.74) is 7.49. The number of nitrogens with one attached hydrogen (secondary N) is 1. The molecule has 5 heteroatoms. The van der Waals surface area contributed by atoms with Crippen molar-refractivity contribution in [3.8, 4) is 0 Å². The molecule has 0 saturated heterocycles. The minimum Gasteiger partial charge on any atom is -0.383 e. The summed E-state index contributed by atoms with van der Waals surface area (Å²) in [7, 11) is 0. The number of anilines is 1. The topological polar surface area (TPSA) is 50.9 Å². The monoisotopic (exact) mass is 293 g/mol. The third-order valence-corrected chi connectivity index (χ3v) is 3.21. The molecule has 3 N–H and O–H groups in total. The molecule has 20 heavy (non-hydrogen) atoms. The highest BCUT2D eigenvalue weighted by molar-refractivity contribution is 6.30. The molecular formula is C15H17ClFN3. The summed E-state index contributed by atoms with van der Waals surface area (Å²) in [4.78, 5) is 4.07. The lowest BCUT2D eigenvalue weighted by molar-refractivity contribution is 0.585. The first-order valence-electron chi connectivity index (χ1n) is 6.51. The van der Waals surface area contributed by atoms with E-state index in [2.05, 4.69) is 17.2 Å². The number of rotatable bonds is 5. The summed E-state index contributed by atoms with van der Waals surface area (Å²) in [5, 5.41) is 3.86. The van der Waals surface area contributed by atoms with Crippen molar-refractivity contribution in [3.63, 3.8) is 0 Å². The Morgan fingerprint density at radius 2 is 2.20 bits per heavy atom. The van der Waals surface area contributed by atoms with Gasteiger partial charge < -0.3 is 11.1 Å². The first kappa shape index (κ1) is 14.8. The lowest BCUT2D eigenvalue weighted by Crippen LogP contribution is -2.24. The van der Waals surface area contributed by atoms with E-state index in [-0.39, 0.29) is 11.9 Å². The van der Waals surface area contributed by atoms with Gasteiger partial charge in [0.1, 0.15) is 11.6 Å². The van der Waals surface area contributed by atoms with Crippen LogP contribution in [-0.2, 0) is 0 Å². The number of hydrogen-bond acceptors (Lipinski definition) is 3. The molecule has 1 aromatic heterocycles. The molecule has 0 radical (unpaired) electrons. The Kier molecular flexibility index (Phi) is 4.93. The Balaban J connectivity index is 2.44. The van der Waals surface area contributed by atoms with Crippen LogP contribution in [0.4, 0.5) is 10.2 Å². The van der Waals surface area contributed by atoms with Crippen LogP contribution in [-0.4, -0.2) is 11.5 Å². The van der Waals surface area contributed by atoms with Crippen LogP contribution in [0.2, 0.25) is 5.02 Å². The molecule has 1 aromatic carbocycles. The molecule has 0 saturated carbocycles. The molecule has 106 valence electrons. The lowest BCUT2D eigenvalue weighted by atomic mass is 9.99. The zero-order valence-electron chi connectivity index (χ0n) is 11.2. The van der Waals surface area contributed by atoms with Gasteiger partial charge in [0, 0.05) is 11.8 Å². The zero-order chi connectivity index (χ0) is 14.5. The molecule has 2 rings (SSSR count). The quantitative estimate of drug-likeness (QED) is 0.886. The van der Waals surface area contributed by atoms with Crippen molar-refractivity contribution in [2.45, 2.75) is 19.4 Å². The van der Waals surface area contributed by atoms with Crippen LogP contribution in [0.25, 0.3) is 0 Å². The third-order valence-electron chi connectivity index (χ3n) is 3.01. The fraction of sp³-hybridized carbons (Fsp3) is 0.267. The van der Waals surface area contributed by atoms with Gasteiger partial charge in [0.05, 0.1) is 11.1 Å². The minimum atomic E-state index is -0.278. The maximum Gasteiger partial charge on any atom is 0.128 e. The van der Waals surface area contributed by atoms with Crippen molar-refractivity contribution >= 4 is 17.4 Å². The third kappa shape index (κ3) is 3.46. The van der Waals surface area contributed by atoms with Crippen LogP contribution >= 0.6 is 11.6 Å². The molecule has 0 aliphatic rings. The molecule has 0 aliphatic heterocycles. The second kappa shape index (κ2) is 6.68. The smallest absolute Gasteiger partial charge is 0.128 e. The number of hydrogen-bond donors (Lipinski definition) is 2. The molecule has 1 heterocycles. The first-order chi connectivity index (χ1) is 9.61. The summed E-state index contributed by atoms with van der Waals surface area (Å²) in [5.74, 6) is 0.117. The van der Waals surface area contributed by atoms with Gasteiger partial charge in [0.25, 0.3) is 0 Å². The van der Waals surface area contributed by atoms with Crippen LogP contribution in [0.3, 0.4) is 0 Å². The van der Waals surface area contributed by atoms with Gasteiger partial charge in [-0.2, -0.15) is 0 Å². The summed E-state index contributed by atoms with van der Waals surface area (Å²) in [6.45, 7) is 2.85. The average Bonchev–Trinajstić information content (AvgIpc) is 2.43. The van der Waals surface area contributed by atoms with E-state index in [9.17, 15) is 4.39 Å². The van der Waals surface area contributed by atoms with Crippen molar-refractivity contribution in [3.05, 3.63) is 58.5 Å². The van der Waals surface area contributed by atoms with Gasteiger partial charge in [-0.15, -0.1) is 0 Å². The number of pyridine rings is 1. The van der Waals surface area contributed by atoms with E-state index >= 15 is 0 Å². The van der Waals surface area contributed by atoms with Gasteiger partial charge >= 0.3 is 0 Å². The van der Waals surface area contributed by atoms with E-state index in [0.29, 0.717) is 10.8 Å². The maximum atomic E-state index is 13.4. The number of benzene rings is 1. The Bertz CT molecular complexity index is 589. The van der Waals surface area contributed by atoms with Crippen molar-refractivity contribution in [2.24, 2.45) is 0 Å². The summed E-state index contributed by atoms with van der Waals surface area (Å²) in [6.07, 6.45) is 2.46. The van der Waals surface area contributed by atoms with Crippen LogP contribution in [0.15, 0.2) is 36.5 Å². The second-order valence-electron chi connectivity index (χ2n) is 4.57. The van der Waals surface area contributed by atoms with Gasteiger partial charge in [-0.25, -0.2) is 9.37 Å². The predicted molar refractivity (Wildman–Crippen MR) is 80.2 cm³/mol. The minimum absolute atomic E-state index is 0.225. The Hall–Kier alpha value is -1.65. The largest absolute Gasteiger partial charge is 0.383 e. The Morgan fingerprint density at radius 1 is 1.40 bits per heavy atom. The van der Waals surface area contributed by atoms with E-state index in [1.54, 1.807) is 12.1 Å². The number of aromatic nitrogens is 1. The highest BCUT2D eigenvalue weighted by Gasteiger charge is 2.17. The Labute approximate surface area is 123 Å². The lowest BCUT2D eigenvalue weighted by Gasteiger charge is -2.21. The normalized spacial score (nSPS) is 12.3. The van der Waals surface area contributed by atoms with E-state index in [1.807, 2.05) is 6.07 Å². The van der Waals surface area contributed by atoms with Gasteiger partial charge in [-0.05, 0) is 36.7 Å². The summed E-state index contributed by atoms with van der Waals surface area (Å²) >= 11 is 5.99. The summed E-state index contributed by atoms with van der Waals surface area (Å²) in [6, 6.07) is 7.99. The standard InChI is InChI=1S/C15H17ClFN3/c1-2-6-19-14(10-4-3-5-12(17)7-10)13-8-11(16)9-20-15(13)18/h3-5,7-9,14,19H,2,6H2,1H3,(H2,18,20). The number of halogens is 2.